The highest BCUT2D eigenvalue weighted by molar-refractivity contribution is 5.86. The number of amides is 1. The number of aromatic nitrogens is 4. The van der Waals surface area contributed by atoms with Gasteiger partial charge in [0.15, 0.2) is 5.65 Å². The lowest BCUT2D eigenvalue weighted by molar-refractivity contribution is 0.243. The Labute approximate surface area is 86.4 Å². The summed E-state index contributed by atoms with van der Waals surface area (Å²) in [6.07, 6.45) is 5.32. The Bertz CT molecular complexity index is 478. The SMILES string of the molecule is CCCNC(=O)n1cnc2ncncc21. The Morgan fingerprint density at radius 3 is 3.20 bits per heavy atom. The lowest BCUT2D eigenvalue weighted by Crippen LogP contribution is -2.28. The quantitative estimate of drug-likeness (QED) is 0.786. The molecule has 0 atom stereocenters. The molecule has 2 heterocycles. The number of hydrogen-bond donors (Lipinski definition) is 1. The van der Waals surface area contributed by atoms with Gasteiger partial charge in [0, 0.05) is 6.54 Å². The number of carbonyl (C=O) groups is 1. The van der Waals surface area contributed by atoms with E-state index in [0.29, 0.717) is 17.7 Å². The van der Waals surface area contributed by atoms with Gasteiger partial charge in [-0.15, -0.1) is 0 Å². The van der Waals surface area contributed by atoms with Gasteiger partial charge >= 0.3 is 6.03 Å². The fourth-order valence-corrected chi connectivity index (χ4v) is 1.24. The first kappa shape index (κ1) is 9.57. The van der Waals surface area contributed by atoms with Gasteiger partial charge in [-0.1, -0.05) is 6.92 Å². The van der Waals surface area contributed by atoms with Gasteiger partial charge in [0.25, 0.3) is 0 Å². The number of imidazole rings is 1. The molecule has 0 fully saturated rings. The van der Waals surface area contributed by atoms with Crippen molar-refractivity contribution in [2.45, 2.75) is 13.3 Å². The summed E-state index contributed by atoms with van der Waals surface area (Å²) in [5.74, 6) is 0. The maximum atomic E-state index is 11.6. The summed E-state index contributed by atoms with van der Waals surface area (Å²) >= 11 is 0. The van der Waals surface area contributed by atoms with Crippen LogP contribution in [0.25, 0.3) is 11.2 Å². The molecule has 2 aromatic heterocycles. The molecule has 0 saturated carbocycles. The van der Waals surface area contributed by atoms with Crippen molar-refractivity contribution in [1.82, 2.24) is 24.8 Å². The Morgan fingerprint density at radius 1 is 1.53 bits per heavy atom. The van der Waals surface area contributed by atoms with Crippen molar-refractivity contribution >= 4 is 17.2 Å². The van der Waals surface area contributed by atoms with E-state index in [0.717, 1.165) is 6.42 Å². The van der Waals surface area contributed by atoms with Crippen LogP contribution in [-0.2, 0) is 0 Å². The molecule has 2 rings (SSSR count). The summed E-state index contributed by atoms with van der Waals surface area (Å²) in [4.78, 5) is 23.4. The lowest BCUT2D eigenvalue weighted by atomic mass is 10.5. The van der Waals surface area contributed by atoms with Gasteiger partial charge < -0.3 is 5.32 Å². The van der Waals surface area contributed by atoms with Gasteiger partial charge in [0.05, 0.1) is 6.20 Å². The van der Waals surface area contributed by atoms with Crippen molar-refractivity contribution in [2.24, 2.45) is 0 Å². The van der Waals surface area contributed by atoms with Crippen molar-refractivity contribution in [3.05, 3.63) is 18.9 Å². The van der Waals surface area contributed by atoms with E-state index < -0.39 is 0 Å². The van der Waals surface area contributed by atoms with Crippen LogP contribution in [0.2, 0.25) is 0 Å². The van der Waals surface area contributed by atoms with Crippen molar-refractivity contribution in [2.75, 3.05) is 6.54 Å². The van der Waals surface area contributed by atoms with Gasteiger partial charge in [-0.2, -0.15) is 0 Å². The van der Waals surface area contributed by atoms with Crippen LogP contribution < -0.4 is 5.32 Å². The van der Waals surface area contributed by atoms with Crippen LogP contribution >= 0.6 is 0 Å². The van der Waals surface area contributed by atoms with Crippen LogP contribution in [0.4, 0.5) is 4.79 Å². The predicted octanol–water partition coefficient (Wildman–Crippen LogP) is 0.794. The molecule has 0 unspecified atom stereocenters. The second-order valence-corrected chi connectivity index (χ2v) is 3.08. The molecule has 1 N–H and O–H groups in total. The summed E-state index contributed by atoms with van der Waals surface area (Å²) in [7, 11) is 0. The smallest absolute Gasteiger partial charge is 0.327 e. The number of rotatable bonds is 2. The summed E-state index contributed by atoms with van der Waals surface area (Å²) in [6.45, 7) is 2.64. The van der Waals surface area contributed by atoms with E-state index in [1.54, 1.807) is 6.20 Å². The van der Waals surface area contributed by atoms with E-state index in [9.17, 15) is 4.79 Å². The second-order valence-electron chi connectivity index (χ2n) is 3.08. The van der Waals surface area contributed by atoms with E-state index in [1.807, 2.05) is 6.92 Å². The zero-order valence-electron chi connectivity index (χ0n) is 8.34. The summed E-state index contributed by atoms with van der Waals surface area (Å²) in [5.41, 5.74) is 1.14. The van der Waals surface area contributed by atoms with Crippen LogP contribution in [-0.4, -0.2) is 32.1 Å². The maximum Gasteiger partial charge on any atom is 0.327 e. The third kappa shape index (κ3) is 1.78. The molecule has 0 saturated heterocycles. The van der Waals surface area contributed by atoms with E-state index in [2.05, 4.69) is 20.3 Å². The van der Waals surface area contributed by atoms with Crippen molar-refractivity contribution in [3.8, 4) is 0 Å². The molecule has 2 aromatic rings. The van der Waals surface area contributed by atoms with Gasteiger partial charge in [0.2, 0.25) is 0 Å². The third-order valence-electron chi connectivity index (χ3n) is 1.97. The Kier molecular flexibility index (Phi) is 2.57. The monoisotopic (exact) mass is 205 g/mol. The third-order valence-corrected chi connectivity index (χ3v) is 1.97. The average Bonchev–Trinajstić information content (AvgIpc) is 2.69. The van der Waals surface area contributed by atoms with Crippen LogP contribution in [0.5, 0.6) is 0 Å². The minimum atomic E-state index is -0.200. The first-order valence-electron chi connectivity index (χ1n) is 4.74. The predicted molar refractivity (Wildman–Crippen MR) is 54.4 cm³/mol. The standard InChI is InChI=1S/C9H11N5O/c1-2-3-11-9(15)14-6-13-8-7(14)4-10-5-12-8/h4-6H,2-3H2,1H3,(H,11,15). The van der Waals surface area contributed by atoms with Gasteiger partial charge in [0.1, 0.15) is 18.2 Å². The molecule has 1 amide bonds. The van der Waals surface area contributed by atoms with E-state index in [-0.39, 0.29) is 6.03 Å². The van der Waals surface area contributed by atoms with Crippen molar-refractivity contribution < 1.29 is 4.79 Å². The molecule has 0 spiro atoms. The summed E-state index contributed by atoms with van der Waals surface area (Å²) in [5, 5.41) is 2.76. The molecule has 6 nitrogen and oxygen atoms in total. The highest BCUT2D eigenvalue weighted by atomic mass is 16.2. The zero-order valence-corrected chi connectivity index (χ0v) is 8.34. The molecule has 15 heavy (non-hydrogen) atoms. The fraction of sp³-hybridized carbons (Fsp3) is 0.333. The van der Waals surface area contributed by atoms with E-state index >= 15 is 0 Å². The molecular formula is C9H11N5O. The van der Waals surface area contributed by atoms with Crippen molar-refractivity contribution in [1.29, 1.82) is 0 Å². The van der Waals surface area contributed by atoms with E-state index in [1.165, 1.54) is 17.2 Å². The summed E-state index contributed by atoms with van der Waals surface area (Å²) < 4.78 is 1.41. The molecule has 78 valence electrons. The van der Waals surface area contributed by atoms with Crippen LogP contribution in [0.3, 0.4) is 0 Å². The number of nitrogens with zero attached hydrogens (tertiary/aromatic N) is 4. The molecular weight excluding hydrogens is 194 g/mol. The second kappa shape index (κ2) is 4.04. The number of nitrogens with one attached hydrogen (secondary N) is 1. The van der Waals surface area contributed by atoms with Gasteiger partial charge in [-0.05, 0) is 6.42 Å². The minimum absolute atomic E-state index is 0.200. The molecule has 0 aromatic carbocycles. The van der Waals surface area contributed by atoms with Crippen LogP contribution in [0, 0.1) is 0 Å². The molecule has 6 heteroatoms. The summed E-state index contributed by atoms with van der Waals surface area (Å²) in [6, 6.07) is -0.200. The molecule has 0 aliphatic heterocycles. The Balaban J connectivity index is 2.31. The lowest BCUT2D eigenvalue weighted by Gasteiger charge is -2.03. The first-order chi connectivity index (χ1) is 7.33. The Morgan fingerprint density at radius 2 is 2.40 bits per heavy atom. The zero-order chi connectivity index (χ0) is 10.7. The largest absolute Gasteiger partial charge is 0.337 e. The average molecular weight is 205 g/mol. The van der Waals surface area contributed by atoms with Crippen molar-refractivity contribution in [3.63, 3.8) is 0 Å². The highest BCUT2D eigenvalue weighted by Gasteiger charge is 2.09. The topological polar surface area (TPSA) is 72.7 Å². The van der Waals surface area contributed by atoms with Crippen LogP contribution in [0.15, 0.2) is 18.9 Å². The van der Waals surface area contributed by atoms with Crippen LogP contribution in [0.1, 0.15) is 13.3 Å². The fourth-order valence-electron chi connectivity index (χ4n) is 1.24. The first-order valence-corrected chi connectivity index (χ1v) is 4.74. The minimum Gasteiger partial charge on any atom is -0.337 e. The molecule has 0 bridgehead atoms. The van der Waals surface area contributed by atoms with Gasteiger partial charge in [-0.25, -0.2) is 24.3 Å². The normalized spacial score (nSPS) is 10.5. The molecule has 0 aliphatic rings. The highest BCUT2D eigenvalue weighted by Crippen LogP contribution is 2.06. The molecule has 0 aliphatic carbocycles. The number of carbonyl (C=O) groups excluding carboxylic acids is 1. The maximum absolute atomic E-state index is 11.6. The number of fused-ring (bicyclic) bond motifs is 1. The molecule has 0 radical (unpaired) electrons. The van der Waals surface area contributed by atoms with Gasteiger partial charge in [-0.3, -0.25) is 0 Å². The Hall–Kier alpha value is -1.98. The van der Waals surface area contributed by atoms with E-state index in [4.69, 9.17) is 0 Å². The number of hydrogen-bond acceptors (Lipinski definition) is 4.